The highest BCUT2D eigenvalue weighted by atomic mass is 16.3. The van der Waals surface area contributed by atoms with E-state index in [0.29, 0.717) is 11.7 Å². The van der Waals surface area contributed by atoms with E-state index in [-0.39, 0.29) is 6.61 Å². The summed E-state index contributed by atoms with van der Waals surface area (Å²) < 4.78 is 0. The number of hydrazine groups is 1. The van der Waals surface area contributed by atoms with Gasteiger partial charge in [0, 0.05) is 31.2 Å². The minimum atomic E-state index is 0.193. The fourth-order valence-electron chi connectivity index (χ4n) is 2.17. The number of aliphatic hydroxyl groups is 1. The summed E-state index contributed by atoms with van der Waals surface area (Å²) in [6.07, 6.45) is 3.06. The lowest BCUT2D eigenvalue weighted by atomic mass is 10.2. The molecule has 0 aliphatic heterocycles. The van der Waals surface area contributed by atoms with E-state index in [1.165, 1.54) is 0 Å². The molecule has 0 radical (unpaired) electrons. The number of hydrogen-bond acceptors (Lipinski definition) is 6. The molecule has 4 N–H and O–H groups in total. The minimum Gasteiger partial charge on any atom is -0.396 e. The molecule has 1 heterocycles. The Kier molecular flexibility index (Phi) is 4.55. The van der Waals surface area contributed by atoms with Gasteiger partial charge in [-0.2, -0.15) is 0 Å². The Labute approximate surface area is 114 Å². The minimum absolute atomic E-state index is 0.193. The topological polar surface area (TPSA) is 87.3 Å². The van der Waals surface area contributed by atoms with E-state index in [1.54, 1.807) is 0 Å². The smallest absolute Gasteiger partial charge is 0.148 e. The number of nitrogen functional groups attached to an aromatic ring is 1. The van der Waals surface area contributed by atoms with E-state index in [1.807, 2.05) is 6.92 Å². The molecule has 1 aliphatic rings. The second-order valence-corrected chi connectivity index (χ2v) is 4.95. The molecule has 0 bridgehead atoms. The summed E-state index contributed by atoms with van der Waals surface area (Å²) in [5.41, 5.74) is 3.63. The van der Waals surface area contributed by atoms with Crippen molar-refractivity contribution < 1.29 is 5.11 Å². The van der Waals surface area contributed by atoms with Crippen LogP contribution < -0.4 is 16.2 Å². The monoisotopic (exact) mass is 265 g/mol. The Morgan fingerprint density at radius 2 is 2.16 bits per heavy atom. The number of hydrogen-bond donors (Lipinski definition) is 3. The highest BCUT2D eigenvalue weighted by Gasteiger charge is 2.28. The number of nitrogens with two attached hydrogens (primary N) is 1. The van der Waals surface area contributed by atoms with Gasteiger partial charge in [-0.15, -0.1) is 0 Å². The summed E-state index contributed by atoms with van der Waals surface area (Å²) in [6.45, 7) is 5.90. The van der Waals surface area contributed by atoms with Crippen molar-refractivity contribution in [2.24, 2.45) is 5.84 Å². The molecule has 6 nitrogen and oxygen atoms in total. The summed E-state index contributed by atoms with van der Waals surface area (Å²) in [4.78, 5) is 11.4. The molecule has 1 saturated carbocycles. The zero-order valence-corrected chi connectivity index (χ0v) is 11.7. The molecule has 6 heteroatoms. The first-order chi connectivity index (χ1) is 9.21. The molecule has 0 unspecified atom stereocenters. The van der Waals surface area contributed by atoms with Gasteiger partial charge in [-0.3, -0.25) is 0 Å². The second-order valence-electron chi connectivity index (χ2n) is 4.95. The van der Waals surface area contributed by atoms with Crippen molar-refractivity contribution in [1.29, 1.82) is 0 Å². The Bertz CT molecular complexity index is 433. The van der Waals surface area contributed by atoms with Crippen molar-refractivity contribution >= 4 is 11.6 Å². The van der Waals surface area contributed by atoms with E-state index in [2.05, 4.69) is 22.2 Å². The lowest BCUT2D eigenvalue weighted by molar-refractivity contribution is 0.289. The van der Waals surface area contributed by atoms with Crippen LogP contribution in [-0.2, 0) is 0 Å². The van der Waals surface area contributed by atoms with Crippen molar-refractivity contribution in [1.82, 2.24) is 9.97 Å². The van der Waals surface area contributed by atoms with E-state index >= 15 is 0 Å². The largest absolute Gasteiger partial charge is 0.396 e. The molecule has 0 saturated heterocycles. The van der Waals surface area contributed by atoms with Crippen LogP contribution in [0, 0.1) is 6.92 Å². The average molecular weight is 265 g/mol. The molecule has 106 valence electrons. The summed E-state index contributed by atoms with van der Waals surface area (Å²) in [7, 11) is 0. The standard InChI is InChI=1S/C13H23N5O/c1-3-18(7-4-8-19)13-9(2)11(17-14)15-12(16-13)10-5-6-10/h10,19H,3-8,14H2,1-2H3,(H,15,16,17). The summed E-state index contributed by atoms with van der Waals surface area (Å²) >= 11 is 0. The van der Waals surface area contributed by atoms with Gasteiger partial charge in [0.15, 0.2) is 0 Å². The second kappa shape index (κ2) is 6.16. The highest BCUT2D eigenvalue weighted by Crippen LogP contribution is 2.39. The van der Waals surface area contributed by atoms with E-state index < -0.39 is 0 Å². The zero-order valence-electron chi connectivity index (χ0n) is 11.7. The van der Waals surface area contributed by atoms with Gasteiger partial charge in [0.2, 0.25) is 0 Å². The number of anilines is 2. The Hall–Kier alpha value is -1.40. The molecular formula is C13H23N5O. The van der Waals surface area contributed by atoms with Crippen molar-refractivity contribution in [3.8, 4) is 0 Å². The first-order valence-corrected chi connectivity index (χ1v) is 6.92. The Balaban J connectivity index is 2.32. The molecule has 2 rings (SSSR count). The zero-order chi connectivity index (χ0) is 13.8. The molecule has 19 heavy (non-hydrogen) atoms. The third-order valence-corrected chi connectivity index (χ3v) is 3.48. The predicted octanol–water partition coefficient (Wildman–Crippen LogP) is 1.16. The average Bonchev–Trinajstić information content (AvgIpc) is 3.25. The molecule has 0 atom stereocenters. The van der Waals surface area contributed by atoms with Gasteiger partial charge in [-0.05, 0) is 33.1 Å². The number of aromatic nitrogens is 2. The van der Waals surface area contributed by atoms with Crippen molar-refractivity contribution in [3.05, 3.63) is 11.4 Å². The molecule has 0 spiro atoms. The molecule has 1 aromatic rings. The normalized spacial score (nSPS) is 14.5. The maximum absolute atomic E-state index is 8.99. The van der Waals surface area contributed by atoms with Crippen LogP contribution in [0.4, 0.5) is 11.6 Å². The van der Waals surface area contributed by atoms with Crippen molar-refractivity contribution in [2.75, 3.05) is 30.0 Å². The van der Waals surface area contributed by atoms with E-state index in [0.717, 1.165) is 49.6 Å². The van der Waals surface area contributed by atoms with Crippen LogP contribution in [0.1, 0.15) is 43.5 Å². The van der Waals surface area contributed by atoms with Gasteiger partial charge in [0.05, 0.1) is 0 Å². The number of nitrogens with one attached hydrogen (secondary N) is 1. The summed E-state index contributed by atoms with van der Waals surface area (Å²) in [5.74, 6) is 8.56. The highest BCUT2D eigenvalue weighted by molar-refractivity contribution is 5.58. The fourth-order valence-corrected chi connectivity index (χ4v) is 2.17. The first kappa shape index (κ1) is 14.0. The molecule has 0 aromatic carbocycles. The summed E-state index contributed by atoms with van der Waals surface area (Å²) in [6, 6.07) is 0. The van der Waals surface area contributed by atoms with Gasteiger partial charge in [-0.1, -0.05) is 0 Å². The Morgan fingerprint density at radius 1 is 1.42 bits per heavy atom. The van der Waals surface area contributed by atoms with Crippen molar-refractivity contribution in [2.45, 2.75) is 39.0 Å². The molecule has 1 aliphatic carbocycles. The first-order valence-electron chi connectivity index (χ1n) is 6.92. The van der Waals surface area contributed by atoms with Crippen LogP contribution in [0.2, 0.25) is 0 Å². The fraction of sp³-hybridized carbons (Fsp3) is 0.692. The van der Waals surface area contributed by atoms with Crippen LogP contribution in [0.5, 0.6) is 0 Å². The molecule has 0 amide bonds. The predicted molar refractivity (Wildman–Crippen MR) is 76.1 cm³/mol. The van der Waals surface area contributed by atoms with Gasteiger partial charge in [-0.25, -0.2) is 15.8 Å². The quantitative estimate of drug-likeness (QED) is 0.506. The maximum Gasteiger partial charge on any atom is 0.148 e. The Morgan fingerprint density at radius 3 is 2.68 bits per heavy atom. The molecule has 1 aromatic heterocycles. The SMILES string of the molecule is CCN(CCCO)c1nc(C2CC2)nc(NN)c1C. The maximum atomic E-state index is 8.99. The van der Waals surface area contributed by atoms with Crippen LogP contribution in [0.15, 0.2) is 0 Å². The van der Waals surface area contributed by atoms with Crippen LogP contribution in [0.3, 0.4) is 0 Å². The van der Waals surface area contributed by atoms with E-state index in [9.17, 15) is 0 Å². The van der Waals surface area contributed by atoms with E-state index in [4.69, 9.17) is 15.9 Å². The van der Waals surface area contributed by atoms with Crippen LogP contribution in [0.25, 0.3) is 0 Å². The van der Waals surface area contributed by atoms with Crippen molar-refractivity contribution in [3.63, 3.8) is 0 Å². The third kappa shape index (κ3) is 3.13. The summed E-state index contributed by atoms with van der Waals surface area (Å²) in [5, 5.41) is 8.99. The molecule has 1 fully saturated rings. The lowest BCUT2D eigenvalue weighted by Gasteiger charge is -2.24. The number of aliphatic hydroxyl groups excluding tert-OH is 1. The van der Waals surface area contributed by atoms with Crippen LogP contribution in [-0.4, -0.2) is 34.8 Å². The van der Waals surface area contributed by atoms with Crippen LogP contribution >= 0.6 is 0 Å². The third-order valence-electron chi connectivity index (χ3n) is 3.48. The number of nitrogens with zero attached hydrogens (tertiary/aromatic N) is 3. The number of rotatable bonds is 7. The van der Waals surface area contributed by atoms with Gasteiger partial charge in [0.25, 0.3) is 0 Å². The molecular weight excluding hydrogens is 242 g/mol. The van der Waals surface area contributed by atoms with Gasteiger partial charge in [0.1, 0.15) is 17.5 Å². The van der Waals surface area contributed by atoms with Gasteiger partial charge < -0.3 is 15.4 Å². The lowest BCUT2D eigenvalue weighted by Crippen LogP contribution is -2.28. The van der Waals surface area contributed by atoms with Gasteiger partial charge >= 0.3 is 0 Å².